The second-order valence-electron chi connectivity index (χ2n) is 2.84. The van der Waals surface area contributed by atoms with Crippen LogP contribution in [0.2, 0.25) is 0 Å². The molecule has 1 heterocycles. The lowest BCUT2D eigenvalue weighted by molar-refractivity contribution is 0.0942. The first-order valence-corrected chi connectivity index (χ1v) is 4.19. The van der Waals surface area contributed by atoms with E-state index in [-0.39, 0.29) is 11.6 Å². The summed E-state index contributed by atoms with van der Waals surface area (Å²) in [7, 11) is 0. The molecule has 0 aliphatic heterocycles. The second-order valence-corrected chi connectivity index (χ2v) is 2.84. The zero-order valence-electron chi connectivity index (χ0n) is 7.83. The Hall–Kier alpha value is -1.71. The third-order valence-corrected chi connectivity index (χ3v) is 1.72. The number of nitrogens with one attached hydrogen (secondary N) is 1. The smallest absolute Gasteiger partial charge is 0.256 e. The Labute approximate surface area is 81.7 Å². The van der Waals surface area contributed by atoms with Crippen LogP contribution in [0.25, 0.3) is 0 Å². The molecule has 1 aromatic rings. The fourth-order valence-corrected chi connectivity index (χ4v) is 0.899. The molecule has 4 heteroatoms. The van der Waals surface area contributed by atoms with E-state index < -0.39 is 11.9 Å². The van der Waals surface area contributed by atoms with Crippen LogP contribution in [0.15, 0.2) is 31.0 Å². The van der Waals surface area contributed by atoms with Crippen molar-refractivity contribution in [1.29, 1.82) is 0 Å². The van der Waals surface area contributed by atoms with E-state index in [0.717, 1.165) is 0 Å². The zero-order valence-corrected chi connectivity index (χ0v) is 7.83. The molecular weight excluding hydrogens is 183 g/mol. The molecule has 74 valence electrons. The average molecular weight is 194 g/mol. The van der Waals surface area contributed by atoms with Crippen LogP contribution in [0.5, 0.6) is 0 Å². The van der Waals surface area contributed by atoms with Crippen molar-refractivity contribution in [3.8, 4) is 0 Å². The molecule has 14 heavy (non-hydrogen) atoms. The molecule has 1 atom stereocenters. The molecule has 3 nitrogen and oxygen atoms in total. The largest absolute Gasteiger partial charge is 0.346 e. The van der Waals surface area contributed by atoms with E-state index in [9.17, 15) is 9.18 Å². The number of hydrogen-bond donors (Lipinski definition) is 1. The number of carbonyl (C=O) groups is 1. The first-order valence-electron chi connectivity index (χ1n) is 4.19. The van der Waals surface area contributed by atoms with Gasteiger partial charge in [-0.15, -0.1) is 6.58 Å². The summed E-state index contributed by atoms with van der Waals surface area (Å²) in [5.74, 6) is -1.25. The number of halogens is 1. The SMILES string of the molecule is C=CC(C)NC(=O)c1cccnc1F. The number of amides is 1. The van der Waals surface area contributed by atoms with Crippen LogP contribution in [-0.4, -0.2) is 16.9 Å². The average Bonchev–Trinajstić information content (AvgIpc) is 2.18. The highest BCUT2D eigenvalue weighted by Crippen LogP contribution is 2.02. The lowest BCUT2D eigenvalue weighted by atomic mass is 10.2. The maximum Gasteiger partial charge on any atom is 0.256 e. The first-order chi connectivity index (χ1) is 6.65. The van der Waals surface area contributed by atoms with Crippen molar-refractivity contribution in [3.63, 3.8) is 0 Å². The van der Waals surface area contributed by atoms with E-state index in [0.29, 0.717) is 0 Å². The lowest BCUT2D eigenvalue weighted by Crippen LogP contribution is -2.31. The van der Waals surface area contributed by atoms with Gasteiger partial charge in [0.2, 0.25) is 5.95 Å². The molecule has 1 N–H and O–H groups in total. The Balaban J connectivity index is 2.80. The predicted molar refractivity (Wildman–Crippen MR) is 51.3 cm³/mol. The molecule has 0 saturated carbocycles. The minimum atomic E-state index is -0.763. The zero-order chi connectivity index (χ0) is 10.6. The van der Waals surface area contributed by atoms with Gasteiger partial charge in [-0.25, -0.2) is 4.98 Å². The number of carbonyl (C=O) groups excluding carboxylic acids is 1. The van der Waals surface area contributed by atoms with Gasteiger partial charge in [0.1, 0.15) is 0 Å². The minimum Gasteiger partial charge on any atom is -0.346 e. The highest BCUT2D eigenvalue weighted by atomic mass is 19.1. The first kappa shape index (κ1) is 10.4. The van der Waals surface area contributed by atoms with Gasteiger partial charge in [0.05, 0.1) is 5.56 Å². The molecule has 1 unspecified atom stereocenters. The summed E-state index contributed by atoms with van der Waals surface area (Å²) in [6.07, 6.45) is 2.86. The second kappa shape index (κ2) is 4.50. The van der Waals surface area contributed by atoms with Crippen molar-refractivity contribution in [2.45, 2.75) is 13.0 Å². The summed E-state index contributed by atoms with van der Waals surface area (Å²) in [6, 6.07) is 2.70. The predicted octanol–water partition coefficient (Wildman–Crippen LogP) is 1.52. The third-order valence-electron chi connectivity index (χ3n) is 1.72. The van der Waals surface area contributed by atoms with Crippen LogP contribution in [0.3, 0.4) is 0 Å². The molecular formula is C10H11FN2O. The van der Waals surface area contributed by atoms with Gasteiger partial charge in [0.15, 0.2) is 0 Å². The molecule has 1 amide bonds. The monoisotopic (exact) mass is 194 g/mol. The van der Waals surface area contributed by atoms with Gasteiger partial charge in [-0.05, 0) is 19.1 Å². The minimum absolute atomic E-state index is 0.0544. The topological polar surface area (TPSA) is 42.0 Å². The summed E-state index contributed by atoms with van der Waals surface area (Å²) in [6.45, 7) is 5.25. The molecule has 0 bridgehead atoms. The van der Waals surface area contributed by atoms with Gasteiger partial charge in [0, 0.05) is 12.2 Å². The molecule has 0 spiro atoms. The van der Waals surface area contributed by atoms with Crippen molar-refractivity contribution in [2.75, 3.05) is 0 Å². The fourth-order valence-electron chi connectivity index (χ4n) is 0.899. The van der Waals surface area contributed by atoms with Crippen molar-refractivity contribution >= 4 is 5.91 Å². The summed E-state index contributed by atoms with van der Waals surface area (Å²) < 4.78 is 13.0. The van der Waals surface area contributed by atoms with E-state index in [4.69, 9.17) is 0 Å². The lowest BCUT2D eigenvalue weighted by Gasteiger charge is -2.08. The number of nitrogens with zero attached hydrogens (tertiary/aromatic N) is 1. The number of pyridine rings is 1. The standard InChI is InChI=1S/C10H11FN2O/c1-3-7(2)13-10(14)8-5-4-6-12-9(8)11/h3-7H,1H2,2H3,(H,13,14). The Morgan fingerprint density at radius 2 is 2.50 bits per heavy atom. The van der Waals surface area contributed by atoms with Crippen LogP contribution in [0, 0.1) is 5.95 Å². The van der Waals surface area contributed by atoms with Crippen LogP contribution in [0.4, 0.5) is 4.39 Å². The van der Waals surface area contributed by atoms with Gasteiger partial charge < -0.3 is 5.32 Å². The molecule has 0 radical (unpaired) electrons. The van der Waals surface area contributed by atoms with Crippen molar-refractivity contribution in [3.05, 3.63) is 42.5 Å². The maximum absolute atomic E-state index is 13.0. The summed E-state index contributed by atoms with van der Waals surface area (Å²) >= 11 is 0. The van der Waals surface area contributed by atoms with Crippen molar-refractivity contribution in [1.82, 2.24) is 10.3 Å². The maximum atomic E-state index is 13.0. The van der Waals surface area contributed by atoms with Crippen LogP contribution >= 0.6 is 0 Å². The Kier molecular flexibility index (Phi) is 3.34. The van der Waals surface area contributed by atoms with Gasteiger partial charge in [-0.3, -0.25) is 4.79 Å². The summed E-state index contributed by atoms with van der Waals surface area (Å²) in [5, 5.41) is 2.55. The highest BCUT2D eigenvalue weighted by molar-refractivity contribution is 5.94. The molecule has 0 fully saturated rings. The van der Waals surface area contributed by atoms with E-state index in [2.05, 4.69) is 16.9 Å². The van der Waals surface area contributed by atoms with E-state index in [1.165, 1.54) is 18.3 Å². The van der Waals surface area contributed by atoms with Crippen LogP contribution in [-0.2, 0) is 0 Å². The highest BCUT2D eigenvalue weighted by Gasteiger charge is 2.12. The van der Waals surface area contributed by atoms with E-state index >= 15 is 0 Å². The van der Waals surface area contributed by atoms with Gasteiger partial charge in [0.25, 0.3) is 5.91 Å². The van der Waals surface area contributed by atoms with Crippen molar-refractivity contribution in [2.24, 2.45) is 0 Å². The van der Waals surface area contributed by atoms with Gasteiger partial charge in [-0.1, -0.05) is 6.08 Å². The number of hydrogen-bond acceptors (Lipinski definition) is 2. The summed E-state index contributed by atoms with van der Waals surface area (Å²) in [5.41, 5.74) is -0.0544. The Morgan fingerprint density at radius 3 is 3.07 bits per heavy atom. The van der Waals surface area contributed by atoms with Crippen LogP contribution < -0.4 is 5.32 Å². The normalized spacial score (nSPS) is 11.9. The van der Waals surface area contributed by atoms with Crippen LogP contribution in [0.1, 0.15) is 17.3 Å². The Morgan fingerprint density at radius 1 is 1.79 bits per heavy atom. The molecule has 0 aliphatic carbocycles. The van der Waals surface area contributed by atoms with E-state index in [1.807, 2.05) is 0 Å². The van der Waals surface area contributed by atoms with Gasteiger partial charge >= 0.3 is 0 Å². The van der Waals surface area contributed by atoms with E-state index in [1.54, 1.807) is 13.0 Å². The molecule has 1 rings (SSSR count). The van der Waals surface area contributed by atoms with Crippen molar-refractivity contribution < 1.29 is 9.18 Å². The molecule has 0 saturated heterocycles. The van der Waals surface area contributed by atoms with Gasteiger partial charge in [-0.2, -0.15) is 4.39 Å². The summed E-state index contributed by atoms with van der Waals surface area (Å²) in [4.78, 5) is 14.8. The molecule has 0 aromatic carbocycles. The fraction of sp³-hybridized carbons (Fsp3) is 0.200. The quantitative estimate of drug-likeness (QED) is 0.585. The number of rotatable bonds is 3. The number of aromatic nitrogens is 1. The Bertz CT molecular complexity index is 352. The third kappa shape index (κ3) is 2.39. The molecule has 1 aromatic heterocycles. The molecule has 0 aliphatic rings.